The molecule has 0 unspecified atom stereocenters. The molecule has 0 bridgehead atoms. The topological polar surface area (TPSA) is 44.5 Å². The van der Waals surface area contributed by atoms with Crippen molar-refractivity contribution >= 4 is 11.3 Å². The normalized spacial score (nSPS) is 11.7. The lowest BCUT2D eigenvalue weighted by molar-refractivity contribution is 0.0502. The van der Waals surface area contributed by atoms with Gasteiger partial charge in [-0.25, -0.2) is 0 Å². The van der Waals surface area contributed by atoms with E-state index in [2.05, 4.69) is 51.3 Å². The fourth-order valence-electron chi connectivity index (χ4n) is 2.45. The van der Waals surface area contributed by atoms with E-state index in [0.29, 0.717) is 6.54 Å². The summed E-state index contributed by atoms with van der Waals surface area (Å²) in [4.78, 5) is 1.23. The molecule has 4 heteroatoms. The van der Waals surface area contributed by atoms with E-state index >= 15 is 0 Å². The summed E-state index contributed by atoms with van der Waals surface area (Å²) in [6.45, 7) is 9.44. The zero-order valence-corrected chi connectivity index (χ0v) is 14.8. The quantitative estimate of drug-likeness (QED) is 0.827. The largest absolute Gasteiger partial charge is 0.467 e. The van der Waals surface area contributed by atoms with Crippen LogP contribution in [0.1, 0.15) is 37.5 Å². The first kappa shape index (κ1) is 17.0. The number of hydrogen-bond donors (Lipinski definition) is 1. The van der Waals surface area contributed by atoms with Crippen molar-refractivity contribution in [2.24, 2.45) is 5.73 Å². The Hall–Kier alpha value is -1.36. The van der Waals surface area contributed by atoms with Gasteiger partial charge in [-0.1, -0.05) is 26.8 Å². The fourth-order valence-corrected chi connectivity index (χ4v) is 3.40. The maximum absolute atomic E-state index is 5.97. The van der Waals surface area contributed by atoms with Gasteiger partial charge in [0.15, 0.2) is 6.79 Å². The smallest absolute Gasteiger partial charge is 0.188 e. The highest BCUT2D eigenvalue weighted by Gasteiger charge is 2.24. The van der Waals surface area contributed by atoms with Crippen LogP contribution in [-0.4, -0.2) is 13.9 Å². The van der Waals surface area contributed by atoms with Gasteiger partial charge < -0.3 is 15.2 Å². The third kappa shape index (κ3) is 3.51. The van der Waals surface area contributed by atoms with Gasteiger partial charge in [0.2, 0.25) is 0 Å². The van der Waals surface area contributed by atoms with Crippen LogP contribution in [0.4, 0.5) is 0 Å². The summed E-state index contributed by atoms with van der Waals surface area (Å²) in [6.07, 6.45) is 0. The molecule has 0 atom stereocenters. The first-order valence-electron chi connectivity index (χ1n) is 7.42. The Morgan fingerprint density at radius 1 is 1.23 bits per heavy atom. The van der Waals surface area contributed by atoms with Crippen molar-refractivity contribution in [3.05, 3.63) is 40.3 Å². The van der Waals surface area contributed by atoms with Crippen molar-refractivity contribution < 1.29 is 9.47 Å². The molecule has 120 valence electrons. The van der Waals surface area contributed by atoms with Crippen molar-refractivity contribution in [1.29, 1.82) is 0 Å². The summed E-state index contributed by atoms with van der Waals surface area (Å²) in [7, 11) is 1.64. The van der Waals surface area contributed by atoms with Crippen molar-refractivity contribution in [3.8, 4) is 16.2 Å². The number of ether oxygens (including phenoxy) is 2. The molecule has 0 saturated carbocycles. The van der Waals surface area contributed by atoms with Crippen molar-refractivity contribution in [2.45, 2.75) is 39.7 Å². The second-order valence-corrected chi connectivity index (χ2v) is 7.37. The molecule has 0 aliphatic carbocycles. The molecule has 0 fully saturated rings. The average Bonchev–Trinajstić information content (AvgIpc) is 2.89. The van der Waals surface area contributed by atoms with Crippen molar-refractivity contribution in [3.63, 3.8) is 0 Å². The van der Waals surface area contributed by atoms with Gasteiger partial charge in [-0.2, -0.15) is 0 Å². The molecule has 0 radical (unpaired) electrons. The van der Waals surface area contributed by atoms with E-state index in [1.807, 2.05) is 0 Å². The molecular formula is C18H25NO2S. The highest BCUT2D eigenvalue weighted by Crippen LogP contribution is 2.43. The zero-order valence-electron chi connectivity index (χ0n) is 14.0. The van der Waals surface area contributed by atoms with Crippen LogP contribution in [0.2, 0.25) is 0 Å². The Bertz CT molecular complexity index is 641. The lowest BCUT2D eigenvalue weighted by Crippen LogP contribution is -2.16. The Kier molecular flexibility index (Phi) is 5.27. The molecule has 0 aliphatic heterocycles. The summed E-state index contributed by atoms with van der Waals surface area (Å²) < 4.78 is 11.1. The van der Waals surface area contributed by atoms with Gasteiger partial charge in [0.25, 0.3) is 0 Å². The molecule has 0 aliphatic rings. The second-order valence-electron chi connectivity index (χ2n) is 6.46. The molecule has 0 amide bonds. The van der Waals surface area contributed by atoms with Crippen LogP contribution in [0.5, 0.6) is 5.75 Å². The van der Waals surface area contributed by atoms with Gasteiger partial charge >= 0.3 is 0 Å². The van der Waals surface area contributed by atoms with Gasteiger partial charge in [0.1, 0.15) is 5.75 Å². The molecule has 0 spiro atoms. The second kappa shape index (κ2) is 6.82. The zero-order chi connectivity index (χ0) is 16.3. The number of methoxy groups -OCH3 is 1. The number of thiophene rings is 1. The first-order chi connectivity index (χ1) is 10.4. The summed E-state index contributed by atoms with van der Waals surface area (Å²) in [6, 6.07) is 6.42. The van der Waals surface area contributed by atoms with E-state index in [1.54, 1.807) is 18.4 Å². The van der Waals surface area contributed by atoms with Gasteiger partial charge in [-0.15, -0.1) is 11.3 Å². The molecule has 1 aromatic heterocycles. The van der Waals surface area contributed by atoms with Crippen LogP contribution in [0.25, 0.3) is 10.4 Å². The molecule has 22 heavy (non-hydrogen) atoms. The molecule has 2 rings (SSSR count). The van der Waals surface area contributed by atoms with E-state index < -0.39 is 0 Å². The maximum atomic E-state index is 5.97. The van der Waals surface area contributed by atoms with Crippen molar-refractivity contribution in [2.75, 3.05) is 13.9 Å². The SMILES string of the molecule is COCOc1c(-c2sccc2C)cc(CN)cc1C(C)(C)C. The van der Waals surface area contributed by atoms with Crippen LogP contribution >= 0.6 is 11.3 Å². The monoisotopic (exact) mass is 319 g/mol. The van der Waals surface area contributed by atoms with Crippen LogP contribution in [-0.2, 0) is 16.7 Å². The van der Waals surface area contributed by atoms with E-state index in [1.165, 1.54) is 10.4 Å². The third-order valence-electron chi connectivity index (χ3n) is 3.62. The van der Waals surface area contributed by atoms with Gasteiger partial charge in [-0.3, -0.25) is 0 Å². The lowest BCUT2D eigenvalue weighted by atomic mass is 9.83. The summed E-state index contributed by atoms with van der Waals surface area (Å²) in [5.74, 6) is 0.900. The summed E-state index contributed by atoms with van der Waals surface area (Å²) in [5, 5.41) is 2.11. The van der Waals surface area contributed by atoms with Crippen molar-refractivity contribution in [1.82, 2.24) is 0 Å². The Balaban J connectivity index is 2.70. The van der Waals surface area contributed by atoms with Gasteiger partial charge in [-0.05, 0) is 41.0 Å². The molecule has 3 nitrogen and oxygen atoms in total. The number of benzene rings is 1. The fraction of sp³-hybridized carbons (Fsp3) is 0.444. The first-order valence-corrected chi connectivity index (χ1v) is 8.30. The van der Waals surface area contributed by atoms with Crippen LogP contribution in [0.3, 0.4) is 0 Å². The van der Waals surface area contributed by atoms with E-state index in [0.717, 1.165) is 22.4 Å². The number of hydrogen-bond acceptors (Lipinski definition) is 4. The van der Waals surface area contributed by atoms with Crippen LogP contribution < -0.4 is 10.5 Å². The summed E-state index contributed by atoms with van der Waals surface area (Å²) in [5.41, 5.74) is 10.5. The average molecular weight is 319 g/mol. The van der Waals surface area contributed by atoms with E-state index in [-0.39, 0.29) is 12.2 Å². The third-order valence-corrected chi connectivity index (χ3v) is 4.67. The van der Waals surface area contributed by atoms with Crippen LogP contribution in [0, 0.1) is 6.92 Å². The Morgan fingerprint density at radius 3 is 2.45 bits per heavy atom. The standard InChI is InChI=1S/C18H25NO2S/c1-12-6-7-22-17(12)14-8-13(10-19)9-15(18(2,3)4)16(14)21-11-20-5/h6-9H,10-11,19H2,1-5H3. The Morgan fingerprint density at radius 2 is 1.95 bits per heavy atom. The minimum atomic E-state index is -0.0336. The molecule has 1 heterocycles. The molecule has 2 aromatic rings. The summed E-state index contributed by atoms with van der Waals surface area (Å²) >= 11 is 1.73. The molecule has 1 aromatic carbocycles. The van der Waals surface area contributed by atoms with E-state index in [9.17, 15) is 0 Å². The van der Waals surface area contributed by atoms with E-state index in [4.69, 9.17) is 15.2 Å². The Labute approximate surface area is 137 Å². The van der Waals surface area contributed by atoms with Gasteiger partial charge in [0, 0.05) is 29.7 Å². The highest BCUT2D eigenvalue weighted by molar-refractivity contribution is 7.13. The molecule has 2 N–H and O–H groups in total. The highest BCUT2D eigenvalue weighted by atomic mass is 32.1. The maximum Gasteiger partial charge on any atom is 0.188 e. The minimum absolute atomic E-state index is 0.0336. The number of rotatable bonds is 5. The molecule has 0 saturated heterocycles. The predicted molar refractivity (Wildman–Crippen MR) is 93.6 cm³/mol. The lowest BCUT2D eigenvalue weighted by Gasteiger charge is -2.26. The molecular weight excluding hydrogens is 294 g/mol. The minimum Gasteiger partial charge on any atom is -0.467 e. The van der Waals surface area contributed by atoms with Gasteiger partial charge in [0.05, 0.1) is 0 Å². The van der Waals surface area contributed by atoms with Crippen LogP contribution in [0.15, 0.2) is 23.6 Å². The predicted octanol–water partition coefficient (Wildman–Crippen LogP) is 4.46. The number of aryl methyl sites for hydroxylation is 1. The number of nitrogens with two attached hydrogens (primary N) is 1.